The summed E-state index contributed by atoms with van der Waals surface area (Å²) in [6.45, 7) is -1.05. The Bertz CT molecular complexity index is 1100. The number of benzene rings is 1. The molecule has 4 N–H and O–H groups in total. The molecule has 0 unspecified atom stereocenters. The number of anilines is 2. The molecule has 0 aliphatic carbocycles. The first-order valence-electron chi connectivity index (χ1n) is 8.24. The van der Waals surface area contributed by atoms with Crippen molar-refractivity contribution in [1.29, 1.82) is 0 Å². The van der Waals surface area contributed by atoms with Gasteiger partial charge in [-0.1, -0.05) is 11.6 Å². The number of rotatable bonds is 4. The second-order valence-electron chi connectivity index (χ2n) is 6.19. The Labute approximate surface area is 177 Å². The van der Waals surface area contributed by atoms with Crippen LogP contribution in [0.15, 0.2) is 24.3 Å². The first-order valence-corrected chi connectivity index (χ1v) is 10.9. The van der Waals surface area contributed by atoms with Crippen LogP contribution < -0.4 is 16.4 Å². The molecule has 1 aliphatic heterocycles. The van der Waals surface area contributed by atoms with Gasteiger partial charge in [0, 0.05) is 28.7 Å². The van der Waals surface area contributed by atoms with E-state index in [1.165, 1.54) is 12.1 Å². The van der Waals surface area contributed by atoms with Crippen molar-refractivity contribution in [2.75, 3.05) is 17.2 Å². The third-order valence-electron chi connectivity index (χ3n) is 4.23. The van der Waals surface area contributed by atoms with Crippen LogP contribution in [0.25, 0.3) is 0 Å². The zero-order valence-corrected chi connectivity index (χ0v) is 17.3. The van der Waals surface area contributed by atoms with Crippen LogP contribution in [0.3, 0.4) is 0 Å². The molecule has 0 bridgehead atoms. The number of amides is 3. The Morgan fingerprint density at radius 2 is 1.80 bits per heavy atom. The van der Waals surface area contributed by atoms with Crippen molar-refractivity contribution < 1.29 is 31.2 Å². The standard InChI is InChI=1S/C16H14ClF3N4O4S2/c17-8-1-3-9(4-2-8)22-15(26)23-14-12(13(21)25)10-5-6-24(7-11(10)29-14)30(27,28)16(18,19)20/h1-4H,5-7H2,(H2,21,25)(H2,22,23,26). The highest BCUT2D eigenvalue weighted by Crippen LogP contribution is 2.39. The molecule has 30 heavy (non-hydrogen) atoms. The smallest absolute Gasteiger partial charge is 0.365 e. The van der Waals surface area contributed by atoms with Crippen molar-refractivity contribution in [1.82, 2.24) is 4.31 Å². The minimum atomic E-state index is -5.52. The highest BCUT2D eigenvalue weighted by molar-refractivity contribution is 7.89. The van der Waals surface area contributed by atoms with Crippen LogP contribution in [0, 0.1) is 0 Å². The molecule has 0 radical (unpaired) electrons. The Morgan fingerprint density at radius 1 is 1.17 bits per heavy atom. The van der Waals surface area contributed by atoms with Gasteiger partial charge in [0.2, 0.25) is 0 Å². The van der Waals surface area contributed by atoms with Crippen LogP contribution >= 0.6 is 22.9 Å². The molecular weight excluding hydrogens is 469 g/mol. The number of carbonyl (C=O) groups excluding carboxylic acids is 2. The number of nitrogens with zero attached hydrogens (tertiary/aromatic N) is 1. The van der Waals surface area contributed by atoms with E-state index in [1.807, 2.05) is 0 Å². The van der Waals surface area contributed by atoms with Crippen molar-refractivity contribution in [3.63, 3.8) is 0 Å². The minimum Gasteiger partial charge on any atom is -0.365 e. The maximum atomic E-state index is 12.8. The van der Waals surface area contributed by atoms with E-state index < -0.39 is 40.6 Å². The molecule has 1 aromatic carbocycles. The van der Waals surface area contributed by atoms with Gasteiger partial charge in [0.15, 0.2) is 0 Å². The van der Waals surface area contributed by atoms with E-state index in [1.54, 1.807) is 12.1 Å². The topological polar surface area (TPSA) is 122 Å². The third kappa shape index (κ3) is 4.38. The molecule has 3 amide bonds. The lowest BCUT2D eigenvalue weighted by Crippen LogP contribution is -2.43. The molecular formula is C16H14ClF3N4O4S2. The first kappa shape index (κ1) is 22.3. The van der Waals surface area contributed by atoms with Gasteiger partial charge in [0.1, 0.15) is 5.00 Å². The van der Waals surface area contributed by atoms with E-state index >= 15 is 0 Å². The van der Waals surface area contributed by atoms with Crippen LogP contribution in [0.1, 0.15) is 20.8 Å². The molecule has 0 saturated carbocycles. The van der Waals surface area contributed by atoms with Crippen molar-refractivity contribution in [2.45, 2.75) is 18.5 Å². The molecule has 14 heteroatoms. The van der Waals surface area contributed by atoms with Crippen LogP contribution in [0.5, 0.6) is 0 Å². The molecule has 1 aromatic heterocycles. The van der Waals surface area contributed by atoms with Gasteiger partial charge in [-0.15, -0.1) is 11.3 Å². The molecule has 0 saturated heterocycles. The minimum absolute atomic E-state index is 0.0187. The predicted octanol–water partition coefficient (Wildman–Crippen LogP) is 3.35. The van der Waals surface area contributed by atoms with Crippen LogP contribution in [-0.2, 0) is 23.0 Å². The van der Waals surface area contributed by atoms with Gasteiger partial charge in [-0.2, -0.15) is 17.5 Å². The predicted molar refractivity (Wildman–Crippen MR) is 106 cm³/mol. The van der Waals surface area contributed by atoms with E-state index in [0.717, 1.165) is 11.3 Å². The number of thiophene rings is 1. The van der Waals surface area contributed by atoms with E-state index in [0.29, 0.717) is 16.3 Å². The lowest BCUT2D eigenvalue weighted by atomic mass is 10.0. The maximum Gasteiger partial charge on any atom is 0.511 e. The Morgan fingerprint density at radius 3 is 2.37 bits per heavy atom. The average Bonchev–Trinajstić information content (AvgIpc) is 2.99. The average molecular weight is 483 g/mol. The maximum absolute atomic E-state index is 12.8. The van der Waals surface area contributed by atoms with Gasteiger partial charge in [0.25, 0.3) is 5.91 Å². The normalized spacial score (nSPS) is 14.8. The number of alkyl halides is 3. The molecule has 0 atom stereocenters. The number of urea groups is 1. The number of primary amides is 1. The number of sulfonamides is 1. The van der Waals surface area contributed by atoms with Gasteiger partial charge in [0.05, 0.1) is 5.56 Å². The lowest BCUT2D eigenvalue weighted by Gasteiger charge is -2.27. The van der Waals surface area contributed by atoms with Crippen LogP contribution in [0.4, 0.5) is 28.7 Å². The van der Waals surface area contributed by atoms with Crippen LogP contribution in [-0.4, -0.2) is 36.7 Å². The molecule has 0 fully saturated rings. The fourth-order valence-corrected chi connectivity index (χ4v) is 5.27. The quantitative estimate of drug-likeness (QED) is 0.618. The van der Waals surface area contributed by atoms with Crippen LogP contribution in [0.2, 0.25) is 5.02 Å². The number of carbonyl (C=O) groups is 2. The molecule has 8 nitrogen and oxygen atoms in total. The van der Waals surface area contributed by atoms with Crippen molar-refractivity contribution in [3.05, 3.63) is 45.3 Å². The van der Waals surface area contributed by atoms with E-state index in [4.69, 9.17) is 17.3 Å². The van der Waals surface area contributed by atoms with Gasteiger partial charge in [-0.25, -0.2) is 13.2 Å². The summed E-state index contributed by atoms with van der Waals surface area (Å²) in [7, 11) is -5.52. The summed E-state index contributed by atoms with van der Waals surface area (Å²) in [6.07, 6.45) is -0.153. The fraction of sp³-hybridized carbons (Fsp3) is 0.250. The third-order valence-corrected chi connectivity index (χ3v) is 7.19. The molecule has 2 heterocycles. The number of halogens is 4. The SMILES string of the molecule is NC(=O)c1c(NC(=O)Nc2ccc(Cl)cc2)sc2c1CCN(S(=O)(=O)C(F)(F)F)C2. The Balaban J connectivity index is 1.85. The van der Waals surface area contributed by atoms with Gasteiger partial charge < -0.3 is 11.1 Å². The second-order valence-corrected chi connectivity index (χ2v) is 9.66. The van der Waals surface area contributed by atoms with Crippen molar-refractivity contribution in [3.8, 4) is 0 Å². The zero-order chi connectivity index (χ0) is 22.3. The highest BCUT2D eigenvalue weighted by Gasteiger charge is 2.50. The highest BCUT2D eigenvalue weighted by atomic mass is 35.5. The summed E-state index contributed by atoms with van der Waals surface area (Å²) < 4.78 is 62.1. The summed E-state index contributed by atoms with van der Waals surface area (Å²) in [5.41, 5.74) is 0.626. The number of fused-ring (bicyclic) bond motifs is 1. The zero-order valence-electron chi connectivity index (χ0n) is 14.9. The van der Waals surface area contributed by atoms with Gasteiger partial charge in [-0.3, -0.25) is 10.1 Å². The van der Waals surface area contributed by atoms with E-state index in [9.17, 15) is 31.2 Å². The summed E-state index contributed by atoms with van der Waals surface area (Å²) in [4.78, 5) is 24.4. The fourth-order valence-electron chi connectivity index (χ4n) is 2.88. The molecule has 1 aliphatic rings. The van der Waals surface area contributed by atoms with E-state index in [-0.39, 0.29) is 26.2 Å². The lowest BCUT2D eigenvalue weighted by molar-refractivity contribution is -0.0492. The Hall–Kier alpha value is -2.35. The Kier molecular flexibility index (Phi) is 6.00. The number of hydrogen-bond acceptors (Lipinski definition) is 5. The number of nitrogens with one attached hydrogen (secondary N) is 2. The second kappa shape index (κ2) is 8.06. The number of hydrogen-bond donors (Lipinski definition) is 3. The summed E-state index contributed by atoms with van der Waals surface area (Å²) in [5, 5.41) is 5.43. The van der Waals surface area contributed by atoms with Crippen molar-refractivity contribution in [2.24, 2.45) is 5.73 Å². The van der Waals surface area contributed by atoms with Gasteiger partial charge >= 0.3 is 21.6 Å². The molecule has 2 aromatic rings. The summed E-state index contributed by atoms with van der Waals surface area (Å²) in [5.74, 6) is -0.888. The monoisotopic (exact) mass is 482 g/mol. The summed E-state index contributed by atoms with van der Waals surface area (Å²) >= 11 is 6.56. The first-order chi connectivity index (χ1) is 13.9. The molecule has 162 valence electrons. The van der Waals surface area contributed by atoms with Crippen molar-refractivity contribution >= 4 is 55.6 Å². The molecule has 0 spiro atoms. The molecule has 3 rings (SSSR count). The van der Waals surface area contributed by atoms with E-state index in [2.05, 4.69) is 10.6 Å². The summed E-state index contributed by atoms with van der Waals surface area (Å²) in [6, 6.07) is 5.45. The van der Waals surface area contributed by atoms with Gasteiger partial charge in [-0.05, 0) is 36.2 Å². The largest absolute Gasteiger partial charge is 0.511 e. The number of nitrogens with two attached hydrogens (primary N) is 1.